The van der Waals surface area contributed by atoms with Crippen LogP contribution in [-0.2, 0) is 21.1 Å². The Morgan fingerprint density at radius 3 is 2.15 bits per heavy atom. The predicted octanol–water partition coefficient (Wildman–Crippen LogP) is 4.90. The van der Waals surface area contributed by atoms with E-state index in [1.807, 2.05) is 0 Å². The van der Waals surface area contributed by atoms with Crippen molar-refractivity contribution >= 4 is 0 Å². The number of hydrogen-bond acceptors (Lipinski definition) is 1. The zero-order valence-electron chi connectivity index (χ0n) is 14.2. The van der Waals surface area contributed by atoms with Gasteiger partial charge in [0.25, 0.3) is 0 Å². The molecular weight excluding hydrogens is 427 g/mol. The molecule has 0 aromatic heterocycles. The Labute approximate surface area is 142 Å². The molecular formula is C18H33OPt-3. The first-order chi connectivity index (χ1) is 7.52. The number of rotatable bonds is 1. The fraction of sp³-hybridized carbons (Fsp3) is 0.611. The summed E-state index contributed by atoms with van der Waals surface area (Å²) in [6.45, 7) is 9.03. The molecule has 2 aliphatic carbocycles. The Bertz CT molecular complexity index is 330. The van der Waals surface area contributed by atoms with E-state index in [1.165, 1.54) is 11.1 Å². The maximum atomic E-state index is 10.2. The summed E-state index contributed by atoms with van der Waals surface area (Å²) in [6, 6.07) is 0. The molecule has 0 aromatic carbocycles. The topological polar surface area (TPSA) is 20.2 Å². The van der Waals surface area contributed by atoms with Gasteiger partial charge in [0.15, 0.2) is 0 Å². The summed E-state index contributed by atoms with van der Waals surface area (Å²) >= 11 is 0. The van der Waals surface area contributed by atoms with Gasteiger partial charge in [-0.1, -0.05) is 44.1 Å². The summed E-state index contributed by atoms with van der Waals surface area (Å²) in [7, 11) is 0. The van der Waals surface area contributed by atoms with E-state index < -0.39 is 0 Å². The van der Waals surface area contributed by atoms with Crippen molar-refractivity contribution in [1.29, 1.82) is 0 Å². The van der Waals surface area contributed by atoms with Crippen molar-refractivity contribution in [2.75, 3.05) is 0 Å². The average molecular weight is 461 g/mol. The van der Waals surface area contributed by atoms with Crippen LogP contribution in [0.5, 0.6) is 0 Å². The number of allylic oxidation sites excluding steroid dienone is 4. The molecule has 0 aliphatic heterocycles. The van der Waals surface area contributed by atoms with Gasteiger partial charge in [0.05, 0.1) is 6.10 Å². The third kappa shape index (κ3) is 4.57. The van der Waals surface area contributed by atoms with E-state index in [2.05, 4.69) is 39.8 Å². The third-order valence-electron chi connectivity index (χ3n) is 4.58. The van der Waals surface area contributed by atoms with Gasteiger partial charge in [0.2, 0.25) is 0 Å². The normalized spacial score (nSPS) is 31.3. The summed E-state index contributed by atoms with van der Waals surface area (Å²) in [5.41, 5.74) is 2.97. The maximum absolute atomic E-state index is 10.2. The third-order valence-corrected chi connectivity index (χ3v) is 4.58. The van der Waals surface area contributed by atoms with Crippen LogP contribution >= 0.6 is 0 Å². The molecule has 2 heteroatoms. The summed E-state index contributed by atoms with van der Waals surface area (Å²) in [4.78, 5) is 0. The minimum Gasteiger partial charge on any atom is -0.393 e. The number of hydrogen-bond donors (Lipinski definition) is 1. The largest absolute Gasteiger partial charge is 0.393 e. The van der Waals surface area contributed by atoms with Gasteiger partial charge in [-0.2, -0.15) is 0 Å². The molecule has 1 nitrogen and oxygen atoms in total. The standard InChI is InChI=1S/C15H24O.3CH3.Pt/c1-9(2)12-6-5-10(3)13-7-8-14(16)15(13)11(12)4;;;;/h5-6,9,11,13-16H,7-8H2,1-4H3;3*1H3;/q;3*-1;/t11-,13?,14?,15?;;;;/m0..../s1. The number of aliphatic hydroxyl groups is 1. The van der Waals surface area contributed by atoms with Crippen LogP contribution in [0.4, 0.5) is 0 Å². The fourth-order valence-corrected chi connectivity index (χ4v) is 3.66. The van der Waals surface area contributed by atoms with Crippen LogP contribution in [0.2, 0.25) is 0 Å². The van der Waals surface area contributed by atoms with E-state index in [0.29, 0.717) is 23.7 Å². The molecule has 0 aromatic rings. The Morgan fingerprint density at radius 2 is 1.65 bits per heavy atom. The molecule has 0 radical (unpaired) electrons. The zero-order valence-corrected chi connectivity index (χ0v) is 16.5. The van der Waals surface area contributed by atoms with Crippen molar-refractivity contribution in [2.24, 2.45) is 23.7 Å². The summed E-state index contributed by atoms with van der Waals surface area (Å²) in [6.07, 6.45) is 6.64. The van der Waals surface area contributed by atoms with Gasteiger partial charge in [-0.3, -0.25) is 0 Å². The van der Waals surface area contributed by atoms with Gasteiger partial charge in [-0.05, 0) is 43.4 Å². The molecule has 0 amide bonds. The quantitative estimate of drug-likeness (QED) is 0.552. The van der Waals surface area contributed by atoms with E-state index in [-0.39, 0.29) is 49.4 Å². The summed E-state index contributed by atoms with van der Waals surface area (Å²) in [5, 5.41) is 10.2. The minimum atomic E-state index is -0.0939. The van der Waals surface area contributed by atoms with Crippen molar-refractivity contribution in [3.05, 3.63) is 45.6 Å². The molecule has 2 rings (SSSR count). The van der Waals surface area contributed by atoms with Crippen LogP contribution in [0.1, 0.15) is 40.5 Å². The first-order valence-corrected chi connectivity index (χ1v) is 6.58. The van der Waals surface area contributed by atoms with Gasteiger partial charge in [-0.15, -0.1) is 0 Å². The smallest absolute Gasteiger partial charge is 0.0580 e. The molecule has 0 heterocycles. The monoisotopic (exact) mass is 460 g/mol. The average Bonchev–Trinajstić information content (AvgIpc) is 2.53. The van der Waals surface area contributed by atoms with Crippen LogP contribution in [0.25, 0.3) is 0 Å². The number of fused-ring (bicyclic) bond motifs is 1. The second-order valence-corrected chi connectivity index (χ2v) is 5.85. The van der Waals surface area contributed by atoms with Gasteiger partial charge in [0, 0.05) is 21.1 Å². The Hall–Kier alpha value is 0.128. The molecule has 1 N–H and O–H groups in total. The Morgan fingerprint density at radius 1 is 1.10 bits per heavy atom. The van der Waals surface area contributed by atoms with E-state index in [4.69, 9.17) is 0 Å². The molecule has 0 saturated heterocycles. The van der Waals surface area contributed by atoms with E-state index >= 15 is 0 Å². The first-order valence-electron chi connectivity index (χ1n) is 6.58. The van der Waals surface area contributed by atoms with Crippen LogP contribution in [0, 0.1) is 46.0 Å². The predicted molar refractivity (Wildman–Crippen MR) is 87.3 cm³/mol. The van der Waals surface area contributed by atoms with Crippen molar-refractivity contribution in [3.8, 4) is 0 Å². The van der Waals surface area contributed by atoms with Gasteiger partial charge >= 0.3 is 0 Å². The van der Waals surface area contributed by atoms with Crippen LogP contribution in [-0.4, -0.2) is 11.2 Å². The number of aliphatic hydroxyl groups excluding tert-OH is 1. The van der Waals surface area contributed by atoms with Crippen molar-refractivity contribution in [2.45, 2.75) is 46.6 Å². The van der Waals surface area contributed by atoms with Crippen LogP contribution in [0.3, 0.4) is 0 Å². The fourth-order valence-electron chi connectivity index (χ4n) is 3.66. The Balaban J connectivity index is -0.000000722. The first kappa shape index (κ1) is 25.1. The summed E-state index contributed by atoms with van der Waals surface area (Å²) < 4.78 is 0. The Kier molecular flexibility index (Phi) is 12.5. The summed E-state index contributed by atoms with van der Waals surface area (Å²) in [5.74, 6) is 2.17. The van der Waals surface area contributed by atoms with Gasteiger partial charge in [0.1, 0.15) is 0 Å². The SMILES string of the molecule is CC1=CC=C(C(C)C)[C@H](C)C2C(O)CCC12.[CH3-].[CH3-].[CH3-].[Pt]. The molecule has 2 aliphatic rings. The van der Waals surface area contributed by atoms with Gasteiger partial charge in [-0.25, -0.2) is 0 Å². The van der Waals surface area contributed by atoms with E-state index in [0.717, 1.165) is 12.8 Å². The van der Waals surface area contributed by atoms with Crippen molar-refractivity contribution < 1.29 is 26.2 Å². The molecule has 124 valence electrons. The van der Waals surface area contributed by atoms with Gasteiger partial charge < -0.3 is 27.4 Å². The van der Waals surface area contributed by atoms with Crippen LogP contribution < -0.4 is 0 Å². The second kappa shape index (κ2) is 9.96. The van der Waals surface area contributed by atoms with Crippen LogP contribution in [0.15, 0.2) is 23.3 Å². The molecule has 3 unspecified atom stereocenters. The molecule has 0 bridgehead atoms. The molecule has 0 spiro atoms. The molecule has 1 fully saturated rings. The molecule has 20 heavy (non-hydrogen) atoms. The molecule has 1 saturated carbocycles. The van der Waals surface area contributed by atoms with E-state index in [9.17, 15) is 5.11 Å². The van der Waals surface area contributed by atoms with E-state index in [1.54, 1.807) is 0 Å². The van der Waals surface area contributed by atoms with Crippen molar-refractivity contribution in [3.63, 3.8) is 0 Å². The minimum absolute atomic E-state index is 0. The second-order valence-electron chi connectivity index (χ2n) is 5.85. The maximum Gasteiger partial charge on any atom is 0.0580 e. The molecule has 4 atom stereocenters. The van der Waals surface area contributed by atoms with Crippen molar-refractivity contribution in [1.82, 2.24) is 0 Å². The zero-order chi connectivity index (χ0) is 11.9.